The summed E-state index contributed by atoms with van der Waals surface area (Å²) in [5.74, 6) is -1.00. The van der Waals surface area contributed by atoms with Gasteiger partial charge in [-0.25, -0.2) is 4.39 Å². The molecule has 0 atom stereocenters. The van der Waals surface area contributed by atoms with Crippen LogP contribution in [0, 0.1) is 38.9 Å². The molecule has 3 aromatic rings. The van der Waals surface area contributed by atoms with Crippen molar-refractivity contribution < 1.29 is 9.18 Å². The molecule has 0 bridgehead atoms. The Labute approximate surface area is 201 Å². The number of carbonyl (C=O) groups is 1. The number of hydrogen-bond acceptors (Lipinski definition) is 4. The summed E-state index contributed by atoms with van der Waals surface area (Å²) in [6.45, 7) is 8.13. The van der Waals surface area contributed by atoms with Gasteiger partial charge in [0.1, 0.15) is 10.9 Å². The van der Waals surface area contributed by atoms with Gasteiger partial charge in [0.05, 0.1) is 5.57 Å². The molecule has 0 fully saturated rings. The molecule has 8 heteroatoms. The number of nitrogens with one attached hydrogen (secondary N) is 1. The highest BCUT2D eigenvalue weighted by atomic mass is 32.2. The Balaban J connectivity index is 1.53. The molecule has 2 aromatic carbocycles. The second kappa shape index (κ2) is 8.22. The molecular formula is C26H22FN5OS. The summed E-state index contributed by atoms with van der Waals surface area (Å²) in [4.78, 5) is 17.0. The Morgan fingerprint density at radius 1 is 1.03 bits per heavy atom. The Morgan fingerprint density at radius 3 is 2.44 bits per heavy atom. The molecule has 2 aliphatic heterocycles. The number of fused-ring (bicyclic) bond motifs is 1. The van der Waals surface area contributed by atoms with Crippen LogP contribution in [-0.4, -0.2) is 31.5 Å². The Hall–Kier alpha value is -3.78. The number of carbonyl (C=O) groups excluding carboxylic acids is 1. The fourth-order valence-electron chi connectivity index (χ4n) is 4.30. The van der Waals surface area contributed by atoms with Crippen molar-refractivity contribution in [2.45, 2.75) is 27.7 Å². The number of rotatable bonds is 3. The van der Waals surface area contributed by atoms with Crippen molar-refractivity contribution in [3.05, 3.63) is 93.6 Å². The van der Waals surface area contributed by atoms with E-state index in [1.54, 1.807) is 24.3 Å². The van der Waals surface area contributed by atoms with Gasteiger partial charge in [-0.05, 0) is 92.6 Å². The Bertz CT molecular complexity index is 1460. The SMILES string of the molecule is Cc1cc(C)cc(-n2c(C)cc(C=C3C(=N)N4N=C(c5ccccc5F)SC4=NC3=O)c2C)c1. The molecular weight excluding hydrogens is 449 g/mol. The molecule has 1 N–H and O–H groups in total. The van der Waals surface area contributed by atoms with Crippen LogP contribution in [0.4, 0.5) is 4.39 Å². The normalized spacial score (nSPS) is 16.7. The van der Waals surface area contributed by atoms with E-state index in [1.807, 2.05) is 19.9 Å². The maximum absolute atomic E-state index is 14.2. The van der Waals surface area contributed by atoms with Gasteiger partial charge in [0.15, 0.2) is 5.84 Å². The summed E-state index contributed by atoms with van der Waals surface area (Å²) >= 11 is 1.08. The first-order valence-electron chi connectivity index (χ1n) is 10.8. The first kappa shape index (κ1) is 22.0. The first-order valence-corrected chi connectivity index (χ1v) is 11.6. The Kier molecular flexibility index (Phi) is 5.32. The van der Waals surface area contributed by atoms with Gasteiger partial charge in [-0.2, -0.15) is 15.1 Å². The Morgan fingerprint density at radius 2 is 1.74 bits per heavy atom. The quantitative estimate of drug-likeness (QED) is 0.512. The maximum Gasteiger partial charge on any atom is 0.283 e. The van der Waals surface area contributed by atoms with E-state index in [9.17, 15) is 9.18 Å². The number of aryl methyl sites for hydroxylation is 3. The molecule has 0 saturated carbocycles. The zero-order valence-electron chi connectivity index (χ0n) is 19.2. The number of aliphatic imine (C=N–C) groups is 1. The average molecular weight is 472 g/mol. The van der Waals surface area contributed by atoms with Crippen molar-refractivity contribution in [2.24, 2.45) is 10.1 Å². The largest absolute Gasteiger partial charge is 0.318 e. The van der Waals surface area contributed by atoms with Crippen LogP contribution in [0.2, 0.25) is 0 Å². The standard InChI is InChI=1S/C26H22FN5OS/c1-14-9-15(2)11-19(10-14)31-16(3)12-18(17(31)4)13-21-23(28)32-26(29-24(21)33)34-25(30-32)20-7-5-6-8-22(20)27/h5-13,28H,1-4H3. The summed E-state index contributed by atoms with van der Waals surface area (Å²) in [5.41, 5.74) is 6.65. The molecule has 0 aliphatic carbocycles. The minimum atomic E-state index is -0.509. The minimum absolute atomic E-state index is 0.0787. The molecule has 0 radical (unpaired) electrons. The molecule has 0 unspecified atom stereocenters. The third kappa shape index (κ3) is 3.70. The maximum atomic E-state index is 14.2. The van der Waals surface area contributed by atoms with Crippen LogP contribution in [0.5, 0.6) is 0 Å². The predicted octanol–water partition coefficient (Wildman–Crippen LogP) is 5.52. The fourth-order valence-corrected chi connectivity index (χ4v) is 5.22. The van der Waals surface area contributed by atoms with Crippen molar-refractivity contribution >= 4 is 39.8 Å². The molecule has 2 aliphatic rings. The van der Waals surface area contributed by atoms with E-state index in [0.717, 1.165) is 34.4 Å². The highest BCUT2D eigenvalue weighted by Gasteiger charge is 2.36. The van der Waals surface area contributed by atoms with Gasteiger partial charge in [-0.1, -0.05) is 18.2 Å². The molecule has 6 nitrogen and oxygen atoms in total. The van der Waals surface area contributed by atoms with Crippen LogP contribution < -0.4 is 0 Å². The van der Waals surface area contributed by atoms with Crippen LogP contribution in [0.25, 0.3) is 11.8 Å². The summed E-state index contributed by atoms with van der Waals surface area (Å²) in [7, 11) is 0. The van der Waals surface area contributed by atoms with E-state index >= 15 is 0 Å². The number of nitrogens with zero attached hydrogens (tertiary/aromatic N) is 4. The molecule has 1 aromatic heterocycles. The molecule has 0 saturated heterocycles. The molecule has 34 heavy (non-hydrogen) atoms. The highest BCUT2D eigenvalue weighted by molar-refractivity contribution is 8.27. The van der Waals surface area contributed by atoms with Gasteiger partial charge in [0, 0.05) is 22.6 Å². The summed E-state index contributed by atoms with van der Waals surface area (Å²) in [6, 6.07) is 14.6. The molecule has 3 heterocycles. The number of benzene rings is 2. The summed E-state index contributed by atoms with van der Waals surface area (Å²) in [5, 5.41) is 14.9. The highest BCUT2D eigenvalue weighted by Crippen LogP contribution is 2.32. The number of hydrogen-bond donors (Lipinski definition) is 1. The second-order valence-electron chi connectivity index (χ2n) is 8.41. The number of thioether (sulfide) groups is 1. The lowest BCUT2D eigenvalue weighted by Gasteiger charge is -2.20. The number of amidine groups is 2. The zero-order valence-corrected chi connectivity index (χ0v) is 20.0. The van der Waals surface area contributed by atoms with E-state index in [2.05, 4.69) is 46.7 Å². The van der Waals surface area contributed by atoms with Crippen LogP contribution >= 0.6 is 11.8 Å². The van der Waals surface area contributed by atoms with Gasteiger partial charge in [0.2, 0.25) is 5.17 Å². The minimum Gasteiger partial charge on any atom is -0.318 e. The summed E-state index contributed by atoms with van der Waals surface area (Å²) in [6.07, 6.45) is 1.69. The lowest BCUT2D eigenvalue weighted by molar-refractivity contribution is -0.114. The van der Waals surface area contributed by atoms with Crippen LogP contribution in [-0.2, 0) is 4.79 Å². The lowest BCUT2D eigenvalue weighted by atomic mass is 10.1. The topological polar surface area (TPSA) is 73.8 Å². The number of halogens is 1. The lowest BCUT2D eigenvalue weighted by Crippen LogP contribution is -2.35. The van der Waals surface area contributed by atoms with E-state index in [4.69, 9.17) is 5.41 Å². The summed E-state index contributed by atoms with van der Waals surface area (Å²) < 4.78 is 16.4. The first-order chi connectivity index (χ1) is 16.2. The number of hydrazone groups is 1. The molecule has 0 spiro atoms. The smallest absolute Gasteiger partial charge is 0.283 e. The van der Waals surface area contributed by atoms with Crippen molar-refractivity contribution in [3.8, 4) is 5.69 Å². The zero-order chi connectivity index (χ0) is 24.1. The van der Waals surface area contributed by atoms with Crippen molar-refractivity contribution in [2.75, 3.05) is 0 Å². The van der Waals surface area contributed by atoms with Crippen molar-refractivity contribution in [1.82, 2.24) is 9.58 Å². The molecule has 1 amide bonds. The van der Waals surface area contributed by atoms with Gasteiger partial charge in [-0.3, -0.25) is 10.2 Å². The van der Waals surface area contributed by atoms with Crippen molar-refractivity contribution in [1.29, 1.82) is 5.41 Å². The third-order valence-electron chi connectivity index (χ3n) is 5.79. The fraction of sp³-hybridized carbons (Fsp3) is 0.154. The van der Waals surface area contributed by atoms with Gasteiger partial charge in [0.25, 0.3) is 5.91 Å². The average Bonchev–Trinajstić information content (AvgIpc) is 3.31. The number of amides is 1. The molecule has 170 valence electrons. The van der Waals surface area contributed by atoms with Gasteiger partial charge < -0.3 is 4.57 Å². The van der Waals surface area contributed by atoms with Crippen LogP contribution in [0.15, 0.2) is 64.2 Å². The van der Waals surface area contributed by atoms with E-state index in [-0.39, 0.29) is 16.6 Å². The van der Waals surface area contributed by atoms with E-state index in [0.29, 0.717) is 10.6 Å². The van der Waals surface area contributed by atoms with Crippen LogP contribution in [0.3, 0.4) is 0 Å². The van der Waals surface area contributed by atoms with E-state index < -0.39 is 11.7 Å². The van der Waals surface area contributed by atoms with Crippen molar-refractivity contribution in [3.63, 3.8) is 0 Å². The van der Waals surface area contributed by atoms with Gasteiger partial charge >= 0.3 is 0 Å². The van der Waals surface area contributed by atoms with E-state index in [1.165, 1.54) is 22.2 Å². The van der Waals surface area contributed by atoms with Gasteiger partial charge in [-0.15, -0.1) is 0 Å². The monoisotopic (exact) mass is 471 g/mol. The van der Waals surface area contributed by atoms with Crippen LogP contribution in [0.1, 0.15) is 33.6 Å². The molecule has 5 rings (SSSR count). The predicted molar refractivity (Wildman–Crippen MR) is 135 cm³/mol. The number of aromatic nitrogens is 1. The third-order valence-corrected chi connectivity index (χ3v) is 6.74. The second-order valence-corrected chi connectivity index (χ2v) is 9.37.